The molecule has 2 aromatic carbocycles. The number of fused-ring (bicyclic) bond motifs is 2. The van der Waals surface area contributed by atoms with Gasteiger partial charge in [-0.2, -0.15) is 0 Å². The van der Waals surface area contributed by atoms with Crippen LogP contribution in [0.1, 0.15) is 21.5 Å². The van der Waals surface area contributed by atoms with Crippen molar-refractivity contribution in [3.63, 3.8) is 0 Å². The second-order valence-electron chi connectivity index (χ2n) is 5.80. The third-order valence-electron chi connectivity index (χ3n) is 4.43. The van der Waals surface area contributed by atoms with Crippen LogP contribution in [0.2, 0.25) is 0 Å². The molecule has 120 valence electrons. The topological polar surface area (TPSA) is 66.9 Å². The van der Waals surface area contributed by atoms with E-state index in [2.05, 4.69) is 0 Å². The van der Waals surface area contributed by atoms with Crippen LogP contribution < -0.4 is 0 Å². The Morgan fingerprint density at radius 3 is 2.38 bits per heavy atom. The minimum Gasteiger partial charge on any atom is -0.421 e. The van der Waals surface area contributed by atoms with Gasteiger partial charge in [0.1, 0.15) is 0 Å². The molecule has 3 amide bonds. The molecule has 1 fully saturated rings. The van der Waals surface area contributed by atoms with Crippen LogP contribution in [0.3, 0.4) is 0 Å². The lowest BCUT2D eigenvalue weighted by atomic mass is 9.98. The highest BCUT2D eigenvalue weighted by molar-refractivity contribution is 6.11. The summed E-state index contributed by atoms with van der Waals surface area (Å²) in [7, 11) is 1.40. The van der Waals surface area contributed by atoms with Gasteiger partial charge in [0, 0.05) is 12.6 Å². The van der Waals surface area contributed by atoms with Crippen LogP contribution in [-0.4, -0.2) is 34.8 Å². The number of rotatable bonds is 2. The summed E-state index contributed by atoms with van der Waals surface area (Å²) in [5.74, 6) is -1.15. The highest BCUT2D eigenvalue weighted by Gasteiger charge is 2.64. The van der Waals surface area contributed by atoms with Gasteiger partial charge in [0.25, 0.3) is 5.72 Å². The first-order chi connectivity index (χ1) is 11.6. The van der Waals surface area contributed by atoms with Crippen molar-refractivity contribution in [1.82, 2.24) is 9.80 Å². The summed E-state index contributed by atoms with van der Waals surface area (Å²) >= 11 is 0. The first kappa shape index (κ1) is 14.4. The van der Waals surface area contributed by atoms with Crippen LogP contribution in [0.25, 0.3) is 0 Å². The van der Waals surface area contributed by atoms with E-state index >= 15 is 0 Å². The Bertz CT molecular complexity index is 864. The number of esters is 1. The summed E-state index contributed by atoms with van der Waals surface area (Å²) in [6.07, 6.45) is 0. The Morgan fingerprint density at radius 1 is 0.958 bits per heavy atom. The fourth-order valence-electron chi connectivity index (χ4n) is 3.25. The number of benzene rings is 2. The van der Waals surface area contributed by atoms with Crippen molar-refractivity contribution >= 4 is 17.9 Å². The van der Waals surface area contributed by atoms with Gasteiger partial charge >= 0.3 is 17.9 Å². The Morgan fingerprint density at radius 2 is 1.62 bits per heavy atom. The molecule has 0 aromatic heterocycles. The van der Waals surface area contributed by atoms with Gasteiger partial charge in [0.15, 0.2) is 0 Å². The smallest absolute Gasteiger partial charge is 0.341 e. The number of hydrogen-bond donors (Lipinski definition) is 0. The Kier molecular flexibility index (Phi) is 2.96. The molecular formula is C18H14N2O4. The summed E-state index contributed by atoms with van der Waals surface area (Å²) in [4.78, 5) is 40.0. The number of nitrogens with zero attached hydrogens (tertiary/aromatic N) is 2. The van der Waals surface area contributed by atoms with Gasteiger partial charge in [0.05, 0.1) is 12.1 Å². The molecule has 24 heavy (non-hydrogen) atoms. The first-order valence-electron chi connectivity index (χ1n) is 7.52. The lowest BCUT2D eigenvalue weighted by molar-refractivity contribution is -0.154. The maximum absolute atomic E-state index is 12.8. The molecule has 0 aliphatic carbocycles. The van der Waals surface area contributed by atoms with Crippen molar-refractivity contribution in [2.45, 2.75) is 12.3 Å². The predicted molar refractivity (Wildman–Crippen MR) is 83.7 cm³/mol. The SMILES string of the molecule is CN1C(=O)N(Cc2ccccc2)C2(OC(=O)c3ccccc32)C1=O. The Hall–Kier alpha value is -3.15. The molecule has 2 aliphatic rings. The molecular weight excluding hydrogens is 308 g/mol. The molecule has 1 spiro atoms. The maximum atomic E-state index is 12.8. The van der Waals surface area contributed by atoms with Crippen molar-refractivity contribution < 1.29 is 19.1 Å². The molecule has 6 nitrogen and oxygen atoms in total. The quantitative estimate of drug-likeness (QED) is 0.627. The summed E-state index contributed by atoms with van der Waals surface area (Å²) < 4.78 is 5.49. The number of urea groups is 1. The van der Waals surface area contributed by atoms with Crippen molar-refractivity contribution in [2.75, 3.05) is 7.05 Å². The molecule has 2 aliphatic heterocycles. The lowest BCUT2D eigenvalue weighted by Gasteiger charge is -2.30. The molecule has 2 aromatic rings. The number of hydrogen-bond acceptors (Lipinski definition) is 4. The van der Waals surface area contributed by atoms with E-state index in [0.717, 1.165) is 10.5 Å². The molecule has 0 N–H and O–H groups in total. The van der Waals surface area contributed by atoms with Gasteiger partial charge in [0.2, 0.25) is 0 Å². The zero-order valence-electron chi connectivity index (χ0n) is 12.9. The number of amides is 3. The summed E-state index contributed by atoms with van der Waals surface area (Å²) in [5.41, 5.74) is -0.149. The average molecular weight is 322 g/mol. The van der Waals surface area contributed by atoms with Gasteiger partial charge in [-0.1, -0.05) is 48.5 Å². The van der Waals surface area contributed by atoms with Gasteiger partial charge in [-0.15, -0.1) is 0 Å². The van der Waals surface area contributed by atoms with E-state index in [1.54, 1.807) is 24.3 Å². The van der Waals surface area contributed by atoms with Crippen LogP contribution >= 0.6 is 0 Å². The van der Waals surface area contributed by atoms with Crippen molar-refractivity contribution in [1.29, 1.82) is 0 Å². The number of carbonyl (C=O) groups excluding carboxylic acids is 3. The second kappa shape index (κ2) is 4.92. The zero-order valence-corrected chi connectivity index (χ0v) is 12.9. The number of imide groups is 1. The Balaban J connectivity index is 1.87. The van der Waals surface area contributed by atoms with Gasteiger partial charge < -0.3 is 4.74 Å². The standard InChI is InChI=1S/C18H14N2O4/c1-19-16(22)18(14-10-6-5-9-13(14)15(21)24-18)20(17(19)23)11-12-7-3-2-4-8-12/h2-10H,11H2,1H3. The highest BCUT2D eigenvalue weighted by atomic mass is 16.6. The fraction of sp³-hybridized carbons (Fsp3) is 0.167. The van der Waals surface area contributed by atoms with Crippen LogP contribution in [-0.2, 0) is 21.8 Å². The van der Waals surface area contributed by atoms with E-state index < -0.39 is 23.6 Å². The molecule has 1 unspecified atom stereocenters. The van der Waals surface area contributed by atoms with E-state index in [4.69, 9.17) is 4.74 Å². The van der Waals surface area contributed by atoms with Gasteiger partial charge in [-0.25, -0.2) is 9.59 Å². The predicted octanol–water partition coefficient (Wildman–Crippen LogP) is 2.10. The largest absolute Gasteiger partial charge is 0.421 e. The second-order valence-corrected chi connectivity index (χ2v) is 5.80. The normalized spacial score (nSPS) is 22.3. The minimum absolute atomic E-state index is 0.164. The van der Waals surface area contributed by atoms with Crippen LogP contribution in [0.5, 0.6) is 0 Å². The average Bonchev–Trinajstić information content (AvgIpc) is 3.00. The molecule has 1 saturated heterocycles. The zero-order chi connectivity index (χ0) is 16.9. The third-order valence-corrected chi connectivity index (χ3v) is 4.43. The minimum atomic E-state index is -1.71. The maximum Gasteiger partial charge on any atom is 0.341 e. The third kappa shape index (κ3) is 1.73. The highest BCUT2D eigenvalue weighted by Crippen LogP contribution is 2.45. The number of ether oxygens (including phenoxy) is 1. The summed E-state index contributed by atoms with van der Waals surface area (Å²) in [6, 6.07) is 15.5. The number of carbonyl (C=O) groups is 3. The molecule has 6 heteroatoms. The van der Waals surface area contributed by atoms with E-state index in [-0.39, 0.29) is 6.54 Å². The van der Waals surface area contributed by atoms with E-state index in [1.165, 1.54) is 11.9 Å². The van der Waals surface area contributed by atoms with Crippen LogP contribution in [0.15, 0.2) is 54.6 Å². The van der Waals surface area contributed by atoms with E-state index in [0.29, 0.717) is 11.1 Å². The Labute approximate surface area is 138 Å². The molecule has 2 heterocycles. The number of likely N-dealkylation sites (N-methyl/N-ethyl adjacent to an activating group) is 1. The van der Waals surface area contributed by atoms with Gasteiger partial charge in [-0.05, 0) is 11.6 Å². The molecule has 0 radical (unpaired) electrons. The monoisotopic (exact) mass is 322 g/mol. The van der Waals surface area contributed by atoms with Crippen molar-refractivity contribution in [3.8, 4) is 0 Å². The first-order valence-corrected chi connectivity index (χ1v) is 7.52. The molecule has 0 saturated carbocycles. The van der Waals surface area contributed by atoms with Crippen molar-refractivity contribution in [3.05, 3.63) is 71.3 Å². The van der Waals surface area contributed by atoms with Crippen LogP contribution in [0.4, 0.5) is 4.79 Å². The summed E-state index contributed by atoms with van der Waals surface area (Å²) in [6.45, 7) is 0.164. The van der Waals surface area contributed by atoms with E-state index in [1.807, 2.05) is 30.3 Å². The van der Waals surface area contributed by atoms with Gasteiger partial charge in [-0.3, -0.25) is 14.6 Å². The van der Waals surface area contributed by atoms with Crippen molar-refractivity contribution in [2.24, 2.45) is 0 Å². The fourth-order valence-corrected chi connectivity index (χ4v) is 3.25. The lowest BCUT2D eigenvalue weighted by Crippen LogP contribution is -2.46. The van der Waals surface area contributed by atoms with E-state index in [9.17, 15) is 14.4 Å². The molecule has 1 atom stereocenters. The van der Waals surface area contributed by atoms with Crippen LogP contribution in [0, 0.1) is 0 Å². The molecule has 0 bridgehead atoms. The molecule has 4 rings (SSSR count). The summed E-state index contributed by atoms with van der Waals surface area (Å²) in [5, 5.41) is 0.